The van der Waals surface area contributed by atoms with Gasteiger partial charge in [-0.1, -0.05) is 16.8 Å². The van der Waals surface area contributed by atoms with E-state index in [2.05, 4.69) is 10.5 Å². The molecule has 1 aliphatic heterocycles. The lowest BCUT2D eigenvalue weighted by Gasteiger charge is -2.13. The average Bonchev–Trinajstić information content (AvgIpc) is 2.91. The Labute approximate surface area is 178 Å². The van der Waals surface area contributed by atoms with Crippen molar-refractivity contribution in [2.45, 2.75) is 26.9 Å². The molecule has 1 amide bonds. The van der Waals surface area contributed by atoms with Gasteiger partial charge < -0.3 is 24.1 Å². The number of aromatic nitrogens is 1. The topological polar surface area (TPSA) is 82.8 Å². The molecular weight excluding hydrogens is 408 g/mol. The number of carbonyl (C=O) groups excluding carboxylic acids is 1. The summed E-state index contributed by atoms with van der Waals surface area (Å²) in [4.78, 5) is 12.6. The van der Waals surface area contributed by atoms with E-state index in [-0.39, 0.29) is 5.91 Å². The predicted octanol–water partition coefficient (Wildman–Crippen LogP) is 4.94. The first-order valence-corrected chi connectivity index (χ1v) is 9.94. The molecule has 0 fully saturated rings. The summed E-state index contributed by atoms with van der Waals surface area (Å²) in [6.45, 7) is 5.18. The number of hydrogen-bond donors (Lipinski definition) is 1. The SMILES string of the molecule is Cc1noc(C)c1COc1ccc(C(=O)Nc2cc3c(cc2Cl)OCCCO3)cc1. The van der Waals surface area contributed by atoms with E-state index >= 15 is 0 Å². The third kappa shape index (κ3) is 4.36. The van der Waals surface area contributed by atoms with E-state index in [4.69, 9.17) is 30.3 Å². The first-order valence-electron chi connectivity index (χ1n) is 9.56. The Balaban J connectivity index is 1.42. The average molecular weight is 429 g/mol. The highest BCUT2D eigenvalue weighted by atomic mass is 35.5. The second-order valence-electron chi connectivity index (χ2n) is 6.90. The number of aryl methyl sites for hydroxylation is 2. The fraction of sp³-hybridized carbons (Fsp3) is 0.273. The standard InChI is InChI=1S/C22H21ClN2O5/c1-13-17(14(2)30-25-13)12-29-16-6-4-15(5-7-16)22(26)24-19-11-21-20(10-18(19)23)27-8-3-9-28-21/h4-7,10-11H,3,8-9,12H2,1-2H3,(H,24,26). The Morgan fingerprint density at radius 2 is 1.83 bits per heavy atom. The van der Waals surface area contributed by atoms with Gasteiger partial charge in [0.25, 0.3) is 5.91 Å². The summed E-state index contributed by atoms with van der Waals surface area (Å²) >= 11 is 6.30. The fourth-order valence-corrected chi connectivity index (χ4v) is 3.24. The zero-order valence-electron chi connectivity index (χ0n) is 16.7. The highest BCUT2D eigenvalue weighted by Gasteiger charge is 2.16. The van der Waals surface area contributed by atoms with Gasteiger partial charge in [0, 0.05) is 24.1 Å². The van der Waals surface area contributed by atoms with Gasteiger partial charge in [0.15, 0.2) is 11.5 Å². The third-order valence-electron chi connectivity index (χ3n) is 4.77. The van der Waals surface area contributed by atoms with Crippen LogP contribution < -0.4 is 19.5 Å². The molecule has 1 aliphatic rings. The molecule has 30 heavy (non-hydrogen) atoms. The maximum atomic E-state index is 12.6. The van der Waals surface area contributed by atoms with Gasteiger partial charge in [-0.05, 0) is 38.1 Å². The Morgan fingerprint density at radius 3 is 2.50 bits per heavy atom. The lowest BCUT2D eigenvalue weighted by molar-refractivity contribution is 0.102. The van der Waals surface area contributed by atoms with Crippen LogP contribution in [0.2, 0.25) is 5.02 Å². The zero-order chi connectivity index (χ0) is 21.1. The van der Waals surface area contributed by atoms with Crippen molar-refractivity contribution in [1.29, 1.82) is 0 Å². The normalized spacial score (nSPS) is 12.9. The first kappa shape index (κ1) is 20.1. The molecule has 0 unspecified atom stereocenters. The van der Waals surface area contributed by atoms with Gasteiger partial charge in [-0.15, -0.1) is 0 Å². The Hall–Kier alpha value is -3.19. The molecule has 4 rings (SSSR count). The van der Waals surface area contributed by atoms with Crippen LogP contribution in [0.3, 0.4) is 0 Å². The molecule has 1 N–H and O–H groups in total. The van der Waals surface area contributed by atoms with Crippen LogP contribution in [0.4, 0.5) is 5.69 Å². The van der Waals surface area contributed by atoms with Gasteiger partial charge in [-0.3, -0.25) is 4.79 Å². The lowest BCUT2D eigenvalue weighted by atomic mass is 10.2. The van der Waals surface area contributed by atoms with Crippen molar-refractivity contribution in [1.82, 2.24) is 5.16 Å². The van der Waals surface area contributed by atoms with Gasteiger partial charge in [-0.2, -0.15) is 0 Å². The largest absolute Gasteiger partial charge is 0.490 e. The van der Waals surface area contributed by atoms with Crippen LogP contribution in [0.25, 0.3) is 0 Å². The molecule has 156 valence electrons. The lowest BCUT2D eigenvalue weighted by Crippen LogP contribution is -2.12. The maximum absolute atomic E-state index is 12.6. The van der Waals surface area contributed by atoms with E-state index < -0.39 is 0 Å². The molecule has 0 radical (unpaired) electrons. The summed E-state index contributed by atoms with van der Waals surface area (Å²) in [5.41, 5.74) is 2.66. The molecule has 0 bridgehead atoms. The van der Waals surface area contributed by atoms with E-state index in [1.807, 2.05) is 13.8 Å². The van der Waals surface area contributed by atoms with Gasteiger partial charge in [0.1, 0.15) is 18.1 Å². The number of fused-ring (bicyclic) bond motifs is 1. The molecule has 7 nitrogen and oxygen atoms in total. The minimum absolute atomic E-state index is 0.288. The molecule has 3 aromatic rings. The number of benzene rings is 2. The summed E-state index contributed by atoms with van der Waals surface area (Å²) in [5.74, 6) is 2.23. The quantitative estimate of drug-likeness (QED) is 0.619. The fourth-order valence-electron chi connectivity index (χ4n) is 3.04. The number of rotatable bonds is 5. The van der Waals surface area contributed by atoms with Crippen LogP contribution in [0.1, 0.15) is 33.8 Å². The number of ether oxygens (including phenoxy) is 3. The number of halogens is 1. The highest BCUT2D eigenvalue weighted by molar-refractivity contribution is 6.34. The van der Waals surface area contributed by atoms with Crippen molar-refractivity contribution >= 4 is 23.2 Å². The molecule has 0 saturated carbocycles. The van der Waals surface area contributed by atoms with Crippen molar-refractivity contribution in [2.75, 3.05) is 18.5 Å². The third-order valence-corrected chi connectivity index (χ3v) is 5.08. The molecule has 0 aliphatic carbocycles. The van der Waals surface area contributed by atoms with Gasteiger partial charge >= 0.3 is 0 Å². The Kier molecular flexibility index (Phi) is 5.81. The molecule has 2 heterocycles. The Morgan fingerprint density at radius 1 is 1.13 bits per heavy atom. The first-order chi connectivity index (χ1) is 14.5. The monoisotopic (exact) mass is 428 g/mol. The highest BCUT2D eigenvalue weighted by Crippen LogP contribution is 2.37. The number of hydrogen-bond acceptors (Lipinski definition) is 6. The summed E-state index contributed by atoms with van der Waals surface area (Å²) in [5, 5.41) is 7.11. The molecule has 2 aromatic carbocycles. The summed E-state index contributed by atoms with van der Waals surface area (Å²) in [6, 6.07) is 10.2. The van der Waals surface area contributed by atoms with Crippen molar-refractivity contribution in [2.24, 2.45) is 0 Å². The summed E-state index contributed by atoms with van der Waals surface area (Å²) in [6.07, 6.45) is 0.790. The van der Waals surface area contributed by atoms with E-state index in [0.717, 1.165) is 23.4 Å². The molecule has 0 atom stereocenters. The smallest absolute Gasteiger partial charge is 0.255 e. The molecule has 0 spiro atoms. The number of nitrogens with zero attached hydrogens (tertiary/aromatic N) is 1. The van der Waals surface area contributed by atoms with Crippen LogP contribution in [0.15, 0.2) is 40.9 Å². The summed E-state index contributed by atoms with van der Waals surface area (Å²) in [7, 11) is 0. The molecule has 1 aromatic heterocycles. The molecule has 0 saturated heterocycles. The zero-order valence-corrected chi connectivity index (χ0v) is 17.4. The minimum Gasteiger partial charge on any atom is -0.490 e. The molecular formula is C22H21ClN2O5. The predicted molar refractivity (Wildman–Crippen MR) is 112 cm³/mol. The van der Waals surface area contributed by atoms with Gasteiger partial charge in [0.2, 0.25) is 0 Å². The van der Waals surface area contributed by atoms with Gasteiger partial charge in [0.05, 0.1) is 35.2 Å². The van der Waals surface area contributed by atoms with Crippen LogP contribution in [0.5, 0.6) is 17.2 Å². The van der Waals surface area contributed by atoms with Crippen molar-refractivity contribution < 1.29 is 23.5 Å². The number of carbonyl (C=O) groups is 1. The van der Waals surface area contributed by atoms with Crippen LogP contribution in [0, 0.1) is 13.8 Å². The minimum atomic E-state index is -0.288. The second kappa shape index (κ2) is 8.67. The van der Waals surface area contributed by atoms with Crippen LogP contribution in [-0.4, -0.2) is 24.3 Å². The second-order valence-corrected chi connectivity index (χ2v) is 7.31. The van der Waals surface area contributed by atoms with E-state index in [0.29, 0.717) is 53.3 Å². The summed E-state index contributed by atoms with van der Waals surface area (Å²) < 4.78 is 22.2. The van der Waals surface area contributed by atoms with Crippen molar-refractivity contribution in [3.8, 4) is 17.2 Å². The van der Waals surface area contributed by atoms with E-state index in [1.54, 1.807) is 36.4 Å². The van der Waals surface area contributed by atoms with Crippen LogP contribution in [-0.2, 0) is 6.61 Å². The maximum Gasteiger partial charge on any atom is 0.255 e. The van der Waals surface area contributed by atoms with E-state index in [1.165, 1.54) is 0 Å². The number of nitrogens with one attached hydrogen (secondary N) is 1. The number of anilines is 1. The van der Waals surface area contributed by atoms with Gasteiger partial charge in [-0.25, -0.2) is 0 Å². The van der Waals surface area contributed by atoms with Crippen molar-refractivity contribution in [3.05, 3.63) is 64.0 Å². The molecule has 8 heteroatoms. The van der Waals surface area contributed by atoms with Crippen molar-refractivity contribution in [3.63, 3.8) is 0 Å². The number of amides is 1. The Bertz CT molecular complexity index is 1040. The van der Waals surface area contributed by atoms with Crippen LogP contribution >= 0.6 is 11.6 Å². The van der Waals surface area contributed by atoms with E-state index in [9.17, 15) is 4.79 Å².